The Morgan fingerprint density at radius 2 is 1.86 bits per heavy atom. The fourth-order valence-corrected chi connectivity index (χ4v) is 2.10. The van der Waals surface area contributed by atoms with E-state index in [4.69, 9.17) is 4.74 Å². The predicted octanol–water partition coefficient (Wildman–Crippen LogP) is 1.97. The number of fused-ring (bicyclic) bond motifs is 1. The van der Waals surface area contributed by atoms with Crippen molar-refractivity contribution in [2.75, 3.05) is 0 Å². The molecule has 0 saturated carbocycles. The SMILES string of the molecule is Cc1cc2c(c(Oc3ccc([N+](=O)[O-])cc3)n1)C(=O)NC2=O. The van der Waals surface area contributed by atoms with Crippen molar-refractivity contribution in [1.29, 1.82) is 0 Å². The van der Waals surface area contributed by atoms with E-state index in [1.807, 2.05) is 0 Å². The number of aryl methyl sites for hydroxylation is 1. The summed E-state index contributed by atoms with van der Waals surface area (Å²) in [6, 6.07) is 6.83. The van der Waals surface area contributed by atoms with Crippen LogP contribution in [0.4, 0.5) is 5.69 Å². The van der Waals surface area contributed by atoms with Crippen molar-refractivity contribution < 1.29 is 19.2 Å². The van der Waals surface area contributed by atoms with Crippen LogP contribution in [0.3, 0.4) is 0 Å². The topological polar surface area (TPSA) is 111 Å². The molecule has 0 unspecified atom stereocenters. The Balaban J connectivity index is 1.99. The number of aromatic nitrogens is 1. The van der Waals surface area contributed by atoms with E-state index in [0.29, 0.717) is 5.69 Å². The summed E-state index contributed by atoms with van der Waals surface area (Å²) in [6.45, 7) is 1.67. The Kier molecular flexibility index (Phi) is 3.06. The van der Waals surface area contributed by atoms with Crippen LogP contribution in [0.15, 0.2) is 30.3 Å². The number of carbonyl (C=O) groups is 2. The lowest BCUT2D eigenvalue weighted by molar-refractivity contribution is -0.384. The molecule has 2 heterocycles. The zero-order chi connectivity index (χ0) is 15.9. The molecule has 0 radical (unpaired) electrons. The van der Waals surface area contributed by atoms with Crippen molar-refractivity contribution >= 4 is 17.5 Å². The minimum absolute atomic E-state index is 0.00722. The van der Waals surface area contributed by atoms with Crippen LogP contribution in [0.25, 0.3) is 0 Å². The molecule has 8 nitrogen and oxygen atoms in total. The van der Waals surface area contributed by atoms with E-state index < -0.39 is 16.7 Å². The first-order valence-electron chi connectivity index (χ1n) is 6.25. The van der Waals surface area contributed by atoms with Crippen molar-refractivity contribution in [3.63, 3.8) is 0 Å². The van der Waals surface area contributed by atoms with Gasteiger partial charge in [-0.05, 0) is 25.1 Å². The molecule has 1 N–H and O–H groups in total. The van der Waals surface area contributed by atoms with Crippen molar-refractivity contribution in [1.82, 2.24) is 10.3 Å². The van der Waals surface area contributed by atoms with Crippen molar-refractivity contribution in [2.45, 2.75) is 6.92 Å². The number of non-ortho nitro benzene ring substituents is 1. The molecule has 0 atom stereocenters. The lowest BCUT2D eigenvalue weighted by atomic mass is 10.1. The zero-order valence-corrected chi connectivity index (χ0v) is 11.3. The van der Waals surface area contributed by atoms with Gasteiger partial charge in [-0.2, -0.15) is 0 Å². The highest BCUT2D eigenvalue weighted by atomic mass is 16.6. The van der Waals surface area contributed by atoms with Crippen LogP contribution in [0.2, 0.25) is 0 Å². The highest BCUT2D eigenvalue weighted by Gasteiger charge is 2.32. The van der Waals surface area contributed by atoms with E-state index in [0.717, 1.165) is 0 Å². The summed E-state index contributed by atoms with van der Waals surface area (Å²) >= 11 is 0. The van der Waals surface area contributed by atoms with E-state index in [1.54, 1.807) is 6.92 Å². The number of hydrogen-bond donors (Lipinski definition) is 1. The lowest BCUT2D eigenvalue weighted by Crippen LogP contribution is -2.20. The molecule has 3 rings (SSSR count). The number of rotatable bonds is 3. The first-order chi connectivity index (χ1) is 10.5. The Hall–Kier alpha value is -3.29. The van der Waals surface area contributed by atoms with Crippen molar-refractivity contribution in [3.8, 4) is 11.6 Å². The molecule has 0 fully saturated rings. The molecule has 22 heavy (non-hydrogen) atoms. The fraction of sp³-hybridized carbons (Fsp3) is 0.0714. The average molecular weight is 299 g/mol. The molecule has 0 bridgehead atoms. The second kappa shape index (κ2) is 4.92. The number of nitro benzene ring substituents is 1. The smallest absolute Gasteiger partial charge is 0.269 e. The third-order valence-corrected chi connectivity index (χ3v) is 3.08. The van der Waals surface area contributed by atoms with Crippen molar-refractivity contribution in [2.24, 2.45) is 0 Å². The van der Waals surface area contributed by atoms with Gasteiger partial charge in [-0.15, -0.1) is 0 Å². The molecule has 2 amide bonds. The number of ether oxygens (including phenoxy) is 1. The number of carbonyl (C=O) groups excluding carboxylic acids is 2. The summed E-state index contributed by atoms with van der Waals surface area (Å²) in [5.41, 5.74) is 0.701. The average Bonchev–Trinajstić information content (AvgIpc) is 2.74. The Bertz CT molecular complexity index is 814. The van der Waals surface area contributed by atoms with Gasteiger partial charge < -0.3 is 4.74 Å². The molecule has 1 aliphatic heterocycles. The highest BCUT2D eigenvalue weighted by Crippen LogP contribution is 2.30. The predicted molar refractivity (Wildman–Crippen MR) is 73.9 cm³/mol. The van der Waals surface area contributed by atoms with Crippen LogP contribution >= 0.6 is 0 Å². The minimum atomic E-state index is -0.579. The van der Waals surface area contributed by atoms with Gasteiger partial charge in [-0.1, -0.05) is 0 Å². The molecule has 0 aliphatic carbocycles. The Morgan fingerprint density at radius 1 is 1.18 bits per heavy atom. The van der Waals surface area contributed by atoms with Gasteiger partial charge in [0.05, 0.1) is 10.5 Å². The number of imide groups is 1. The van der Waals surface area contributed by atoms with Gasteiger partial charge in [-0.25, -0.2) is 4.98 Å². The van der Waals surface area contributed by atoms with Crippen LogP contribution < -0.4 is 10.1 Å². The number of pyridine rings is 1. The van der Waals surface area contributed by atoms with Crippen LogP contribution in [-0.4, -0.2) is 21.7 Å². The molecular weight excluding hydrogens is 290 g/mol. The Morgan fingerprint density at radius 3 is 2.50 bits per heavy atom. The maximum Gasteiger partial charge on any atom is 0.269 e. The van der Waals surface area contributed by atoms with Crippen LogP contribution in [0.5, 0.6) is 11.6 Å². The number of nitrogens with one attached hydrogen (secondary N) is 1. The molecule has 8 heteroatoms. The summed E-state index contributed by atoms with van der Waals surface area (Å²) in [5, 5.41) is 12.8. The molecular formula is C14H9N3O5. The van der Waals surface area contributed by atoms with Gasteiger partial charge in [0.1, 0.15) is 11.3 Å². The minimum Gasteiger partial charge on any atom is -0.438 e. The van der Waals surface area contributed by atoms with Crippen LogP contribution in [-0.2, 0) is 0 Å². The third kappa shape index (κ3) is 2.26. The molecule has 2 aromatic rings. The maximum absolute atomic E-state index is 11.8. The quantitative estimate of drug-likeness (QED) is 0.527. The summed E-state index contributed by atoms with van der Waals surface area (Å²) in [7, 11) is 0. The van der Waals surface area contributed by atoms with Gasteiger partial charge in [-0.3, -0.25) is 25.0 Å². The van der Waals surface area contributed by atoms with E-state index in [-0.39, 0.29) is 28.4 Å². The second-order valence-corrected chi connectivity index (χ2v) is 4.63. The number of hydrogen-bond acceptors (Lipinski definition) is 6. The van der Waals surface area contributed by atoms with Gasteiger partial charge in [0.15, 0.2) is 0 Å². The van der Waals surface area contributed by atoms with Gasteiger partial charge in [0.25, 0.3) is 17.5 Å². The van der Waals surface area contributed by atoms with Gasteiger partial charge in [0.2, 0.25) is 5.88 Å². The largest absolute Gasteiger partial charge is 0.438 e. The lowest BCUT2D eigenvalue weighted by Gasteiger charge is -2.08. The second-order valence-electron chi connectivity index (χ2n) is 4.63. The molecule has 1 aromatic heterocycles. The molecule has 1 aromatic carbocycles. The molecule has 0 saturated heterocycles. The van der Waals surface area contributed by atoms with E-state index in [9.17, 15) is 19.7 Å². The van der Waals surface area contributed by atoms with Gasteiger partial charge in [0, 0.05) is 17.8 Å². The molecule has 0 spiro atoms. The highest BCUT2D eigenvalue weighted by molar-refractivity contribution is 6.22. The fourth-order valence-electron chi connectivity index (χ4n) is 2.10. The first-order valence-corrected chi connectivity index (χ1v) is 6.25. The van der Waals surface area contributed by atoms with E-state index >= 15 is 0 Å². The van der Waals surface area contributed by atoms with Gasteiger partial charge >= 0.3 is 0 Å². The normalized spacial score (nSPS) is 12.8. The summed E-state index contributed by atoms with van der Waals surface area (Å²) in [5.74, 6) is -0.811. The molecule has 1 aliphatic rings. The van der Waals surface area contributed by atoms with E-state index in [1.165, 1.54) is 30.3 Å². The maximum atomic E-state index is 11.8. The summed E-state index contributed by atoms with van der Waals surface area (Å²) in [6.07, 6.45) is 0. The Labute approximate surface area is 123 Å². The summed E-state index contributed by atoms with van der Waals surface area (Å²) in [4.78, 5) is 37.7. The zero-order valence-electron chi connectivity index (χ0n) is 11.3. The third-order valence-electron chi connectivity index (χ3n) is 3.08. The monoisotopic (exact) mass is 299 g/mol. The number of nitro groups is 1. The standard InChI is InChI=1S/C14H9N3O5/c1-7-6-10-11(13(19)16-12(10)18)14(15-7)22-9-4-2-8(3-5-9)17(20)21/h2-6H,1H3,(H,16,18,19). The number of nitrogens with zero attached hydrogens (tertiary/aromatic N) is 2. The van der Waals surface area contributed by atoms with Crippen molar-refractivity contribution in [3.05, 3.63) is 57.3 Å². The van der Waals surface area contributed by atoms with Crippen LogP contribution in [0, 0.1) is 17.0 Å². The number of benzene rings is 1. The summed E-state index contributed by atoms with van der Waals surface area (Å²) < 4.78 is 5.51. The number of amides is 2. The first kappa shape index (κ1) is 13.7. The molecule has 110 valence electrons. The van der Waals surface area contributed by atoms with Crippen LogP contribution in [0.1, 0.15) is 26.4 Å². The van der Waals surface area contributed by atoms with E-state index in [2.05, 4.69) is 10.3 Å².